The van der Waals surface area contributed by atoms with Crippen molar-refractivity contribution in [2.75, 3.05) is 19.6 Å². The molecule has 0 saturated carbocycles. The molecular formula is C28H36FN5O3. The maximum absolute atomic E-state index is 14.4. The van der Waals surface area contributed by atoms with Gasteiger partial charge in [0, 0.05) is 43.4 Å². The first-order valence-electron chi connectivity index (χ1n) is 12.9. The van der Waals surface area contributed by atoms with Crippen LogP contribution in [0.4, 0.5) is 9.18 Å². The maximum Gasteiger partial charge on any atom is 0.410 e. The lowest BCUT2D eigenvalue weighted by Gasteiger charge is -2.34. The van der Waals surface area contributed by atoms with Gasteiger partial charge in [-0.2, -0.15) is 0 Å². The minimum absolute atomic E-state index is 0.0299. The second-order valence-electron chi connectivity index (χ2n) is 10.8. The predicted molar refractivity (Wildman–Crippen MR) is 140 cm³/mol. The van der Waals surface area contributed by atoms with Crippen molar-refractivity contribution in [1.82, 2.24) is 24.3 Å². The van der Waals surface area contributed by atoms with Crippen molar-refractivity contribution in [2.45, 2.75) is 71.9 Å². The lowest BCUT2D eigenvalue weighted by molar-refractivity contribution is 0.0198. The van der Waals surface area contributed by atoms with E-state index in [4.69, 9.17) is 4.74 Å². The van der Waals surface area contributed by atoms with E-state index in [9.17, 15) is 14.0 Å². The van der Waals surface area contributed by atoms with E-state index in [1.165, 1.54) is 18.5 Å². The zero-order valence-corrected chi connectivity index (χ0v) is 22.5. The third kappa shape index (κ3) is 5.60. The van der Waals surface area contributed by atoms with Crippen molar-refractivity contribution >= 4 is 23.0 Å². The summed E-state index contributed by atoms with van der Waals surface area (Å²) in [4.78, 5) is 38.5. The van der Waals surface area contributed by atoms with E-state index >= 15 is 0 Å². The molecule has 0 unspecified atom stereocenters. The molecule has 0 N–H and O–H groups in total. The van der Waals surface area contributed by atoms with Gasteiger partial charge in [0.15, 0.2) is 0 Å². The number of benzene rings is 1. The molecule has 1 aliphatic rings. The normalized spacial score (nSPS) is 16.3. The lowest BCUT2D eigenvalue weighted by atomic mass is 9.92. The highest BCUT2D eigenvalue weighted by atomic mass is 19.1. The van der Waals surface area contributed by atoms with E-state index in [2.05, 4.69) is 9.97 Å². The van der Waals surface area contributed by atoms with Gasteiger partial charge in [-0.15, -0.1) is 0 Å². The number of rotatable bonds is 5. The van der Waals surface area contributed by atoms with Gasteiger partial charge < -0.3 is 19.1 Å². The quantitative estimate of drug-likeness (QED) is 0.451. The molecule has 8 nitrogen and oxygen atoms in total. The maximum atomic E-state index is 14.4. The van der Waals surface area contributed by atoms with Crippen molar-refractivity contribution in [3.05, 3.63) is 53.9 Å². The first-order valence-corrected chi connectivity index (χ1v) is 12.9. The summed E-state index contributed by atoms with van der Waals surface area (Å²) in [6.45, 7) is 13.0. The van der Waals surface area contributed by atoms with Crippen LogP contribution in [0.3, 0.4) is 0 Å². The first-order chi connectivity index (χ1) is 17.5. The summed E-state index contributed by atoms with van der Waals surface area (Å²) < 4.78 is 21.9. The third-order valence-corrected chi connectivity index (χ3v) is 6.68. The number of carbonyl (C=O) groups is 2. The summed E-state index contributed by atoms with van der Waals surface area (Å²) in [6.07, 6.45) is 6.56. The molecule has 3 heterocycles. The van der Waals surface area contributed by atoms with Gasteiger partial charge in [-0.1, -0.05) is 0 Å². The Hall–Kier alpha value is -3.49. The molecular weight excluding hydrogens is 473 g/mol. The van der Waals surface area contributed by atoms with Crippen molar-refractivity contribution < 1.29 is 18.7 Å². The van der Waals surface area contributed by atoms with Crippen LogP contribution < -0.4 is 0 Å². The number of hydrogen-bond donors (Lipinski definition) is 0. The second-order valence-corrected chi connectivity index (χ2v) is 10.8. The minimum atomic E-state index is -0.568. The molecule has 3 aromatic rings. The summed E-state index contributed by atoms with van der Waals surface area (Å²) in [5, 5.41) is 0. The summed E-state index contributed by atoms with van der Waals surface area (Å²) in [5.41, 5.74) is 2.72. The topological polar surface area (TPSA) is 80.6 Å². The Labute approximate surface area is 217 Å². The monoisotopic (exact) mass is 509 g/mol. The number of fused-ring (bicyclic) bond motifs is 1. The molecule has 198 valence electrons. The van der Waals surface area contributed by atoms with Gasteiger partial charge >= 0.3 is 6.09 Å². The summed E-state index contributed by atoms with van der Waals surface area (Å²) in [5.74, 6) is -0.677. The number of carbonyl (C=O) groups excluding carboxylic acids is 2. The molecule has 4 rings (SSSR count). The van der Waals surface area contributed by atoms with Crippen LogP contribution >= 0.6 is 0 Å². The van der Waals surface area contributed by atoms with E-state index < -0.39 is 11.4 Å². The van der Waals surface area contributed by atoms with Crippen molar-refractivity contribution in [3.63, 3.8) is 0 Å². The van der Waals surface area contributed by atoms with Crippen molar-refractivity contribution in [2.24, 2.45) is 0 Å². The third-order valence-electron chi connectivity index (χ3n) is 6.68. The molecule has 37 heavy (non-hydrogen) atoms. The van der Waals surface area contributed by atoms with Gasteiger partial charge in [0.2, 0.25) is 0 Å². The van der Waals surface area contributed by atoms with E-state index in [1.54, 1.807) is 22.1 Å². The van der Waals surface area contributed by atoms with Gasteiger partial charge in [-0.05, 0) is 72.6 Å². The Morgan fingerprint density at radius 1 is 1.27 bits per heavy atom. The highest BCUT2D eigenvalue weighted by Crippen LogP contribution is 2.35. The standard InChI is InChI=1S/C28H36FN5O3/c1-7-33(18(2)3)26(35)21-13-20(29)10-11-23(21)34-16-22(25-24(34)14-30-17-31-25)19-9-8-12-32(15-19)27(36)37-28(4,5)6/h10-11,13-14,16-19H,7-9,12,15H2,1-6H3/t19-/m1/s1. The first kappa shape index (κ1) is 26.6. The Balaban J connectivity index is 1.77. The molecule has 9 heteroatoms. The number of amides is 2. The number of piperidine rings is 1. The average molecular weight is 510 g/mol. The van der Waals surface area contributed by atoms with Gasteiger partial charge in [0.05, 0.1) is 28.5 Å². The fourth-order valence-electron chi connectivity index (χ4n) is 5.00. The van der Waals surface area contributed by atoms with Crippen LogP contribution in [-0.4, -0.2) is 67.6 Å². The molecule has 1 aromatic carbocycles. The molecule has 1 fully saturated rings. The Morgan fingerprint density at radius 3 is 2.70 bits per heavy atom. The van der Waals surface area contributed by atoms with Crippen LogP contribution in [0.5, 0.6) is 0 Å². The van der Waals surface area contributed by atoms with E-state index in [1.807, 2.05) is 52.3 Å². The van der Waals surface area contributed by atoms with Crippen LogP contribution in [-0.2, 0) is 4.74 Å². The Bertz CT molecular complexity index is 1300. The lowest BCUT2D eigenvalue weighted by Crippen LogP contribution is -2.42. The van der Waals surface area contributed by atoms with Crippen LogP contribution in [0, 0.1) is 5.82 Å². The zero-order chi connectivity index (χ0) is 26.9. The molecule has 1 atom stereocenters. The number of hydrogen-bond acceptors (Lipinski definition) is 5. The number of halogens is 1. The van der Waals surface area contributed by atoms with Gasteiger partial charge in [-0.25, -0.2) is 19.2 Å². The number of aromatic nitrogens is 3. The molecule has 2 amide bonds. The van der Waals surface area contributed by atoms with Crippen molar-refractivity contribution in [1.29, 1.82) is 0 Å². The van der Waals surface area contributed by atoms with Gasteiger partial charge in [-0.3, -0.25) is 4.79 Å². The molecule has 1 aliphatic heterocycles. The van der Waals surface area contributed by atoms with E-state index in [-0.39, 0.29) is 29.5 Å². The average Bonchev–Trinajstić information content (AvgIpc) is 3.23. The van der Waals surface area contributed by atoms with Crippen LogP contribution in [0.25, 0.3) is 16.7 Å². The fourth-order valence-corrected chi connectivity index (χ4v) is 5.00. The Morgan fingerprint density at radius 2 is 2.03 bits per heavy atom. The number of ether oxygens (including phenoxy) is 1. The fraction of sp³-hybridized carbons (Fsp3) is 0.500. The molecule has 2 aromatic heterocycles. The van der Waals surface area contributed by atoms with Crippen LogP contribution in [0.1, 0.15) is 76.2 Å². The summed E-state index contributed by atoms with van der Waals surface area (Å²) in [7, 11) is 0. The smallest absolute Gasteiger partial charge is 0.410 e. The van der Waals surface area contributed by atoms with Crippen molar-refractivity contribution in [3.8, 4) is 5.69 Å². The van der Waals surface area contributed by atoms with Crippen LogP contribution in [0.2, 0.25) is 0 Å². The summed E-state index contributed by atoms with van der Waals surface area (Å²) >= 11 is 0. The predicted octanol–water partition coefficient (Wildman–Crippen LogP) is 5.54. The Kier molecular flexibility index (Phi) is 7.52. The SMILES string of the molecule is CCN(C(=O)c1cc(F)ccc1-n1cc([C@@H]2CCCN(C(=O)OC(C)(C)C)C2)c2ncncc21)C(C)C. The molecule has 0 radical (unpaired) electrons. The molecule has 0 bridgehead atoms. The molecule has 0 aliphatic carbocycles. The highest BCUT2D eigenvalue weighted by molar-refractivity contribution is 5.99. The van der Waals surface area contributed by atoms with Gasteiger partial charge in [0.1, 0.15) is 17.7 Å². The second kappa shape index (κ2) is 10.5. The van der Waals surface area contributed by atoms with E-state index in [0.29, 0.717) is 25.3 Å². The zero-order valence-electron chi connectivity index (χ0n) is 22.5. The van der Waals surface area contributed by atoms with Crippen LogP contribution in [0.15, 0.2) is 36.9 Å². The largest absolute Gasteiger partial charge is 0.444 e. The number of nitrogens with zero attached hydrogens (tertiary/aromatic N) is 5. The molecule has 0 spiro atoms. The van der Waals surface area contributed by atoms with E-state index in [0.717, 1.165) is 29.4 Å². The minimum Gasteiger partial charge on any atom is -0.444 e. The molecule has 1 saturated heterocycles. The number of likely N-dealkylation sites (tertiary alicyclic amines) is 1. The summed E-state index contributed by atoms with van der Waals surface area (Å²) in [6, 6.07) is 4.25. The van der Waals surface area contributed by atoms with Gasteiger partial charge in [0.25, 0.3) is 5.91 Å². The highest BCUT2D eigenvalue weighted by Gasteiger charge is 2.31.